The number of hydrogen-bond acceptors (Lipinski definition) is 3. The van der Waals surface area contributed by atoms with Gasteiger partial charge in [0.1, 0.15) is 5.69 Å². The maximum atomic E-state index is 12.0. The molecule has 0 aliphatic heterocycles. The number of rotatable bonds is 6. The van der Waals surface area contributed by atoms with Crippen molar-refractivity contribution in [3.63, 3.8) is 0 Å². The number of nitrogens with one attached hydrogen (secondary N) is 1. The molecule has 122 valence electrons. The zero-order chi connectivity index (χ0) is 16.8. The van der Waals surface area contributed by atoms with Gasteiger partial charge in [-0.3, -0.25) is 4.79 Å². The molecule has 1 N–H and O–H groups in total. The number of hydrogen-bond donors (Lipinski definition) is 1. The first-order valence-electron chi connectivity index (χ1n) is 7.34. The zero-order valence-electron chi connectivity index (χ0n) is 13.1. The molecule has 1 aromatic heterocycles. The third-order valence-electron chi connectivity index (χ3n) is 3.50. The minimum Gasteiger partial charge on any atom is -0.451 e. The van der Waals surface area contributed by atoms with Gasteiger partial charge in [-0.25, -0.2) is 4.79 Å². The van der Waals surface area contributed by atoms with Crippen molar-refractivity contribution in [3.8, 4) is 0 Å². The van der Waals surface area contributed by atoms with Gasteiger partial charge in [0.2, 0.25) is 0 Å². The Morgan fingerprint density at radius 3 is 2.52 bits per heavy atom. The van der Waals surface area contributed by atoms with E-state index in [0.717, 1.165) is 16.5 Å². The van der Waals surface area contributed by atoms with Crippen LogP contribution >= 0.6 is 15.9 Å². The van der Waals surface area contributed by atoms with Crippen molar-refractivity contribution in [3.05, 3.63) is 58.3 Å². The van der Waals surface area contributed by atoms with Gasteiger partial charge in [-0.2, -0.15) is 0 Å². The molecule has 1 atom stereocenters. The number of aromatic nitrogens is 1. The molecule has 0 saturated heterocycles. The normalized spacial score (nSPS) is 11.8. The summed E-state index contributed by atoms with van der Waals surface area (Å²) < 4.78 is 7.68. The highest BCUT2D eigenvalue weighted by atomic mass is 79.9. The smallest absolute Gasteiger partial charge is 0.355 e. The van der Waals surface area contributed by atoms with Crippen LogP contribution in [0, 0.1) is 0 Å². The largest absolute Gasteiger partial charge is 0.451 e. The molecule has 1 heterocycles. The highest BCUT2D eigenvalue weighted by Crippen LogP contribution is 2.19. The Morgan fingerprint density at radius 1 is 1.26 bits per heavy atom. The van der Waals surface area contributed by atoms with Crippen LogP contribution < -0.4 is 5.32 Å². The van der Waals surface area contributed by atoms with Crippen molar-refractivity contribution >= 4 is 27.8 Å². The predicted octanol–water partition coefficient (Wildman–Crippen LogP) is 3.21. The Bertz CT molecular complexity index is 679. The van der Waals surface area contributed by atoms with Crippen LogP contribution in [0.3, 0.4) is 0 Å². The van der Waals surface area contributed by atoms with Crippen LogP contribution in [-0.2, 0) is 16.6 Å². The summed E-state index contributed by atoms with van der Waals surface area (Å²) in [5.74, 6) is -0.827. The molecule has 0 spiro atoms. The topological polar surface area (TPSA) is 60.3 Å². The fourth-order valence-corrected chi connectivity index (χ4v) is 2.49. The highest BCUT2D eigenvalue weighted by molar-refractivity contribution is 9.10. The molecule has 2 rings (SSSR count). The van der Waals surface area contributed by atoms with Gasteiger partial charge in [0.25, 0.3) is 5.91 Å². The molecule has 5 nitrogen and oxygen atoms in total. The maximum Gasteiger partial charge on any atom is 0.355 e. The van der Waals surface area contributed by atoms with E-state index in [1.165, 1.54) is 0 Å². The number of benzene rings is 1. The molecular formula is C17H19BrN2O3. The lowest BCUT2D eigenvalue weighted by Crippen LogP contribution is -2.32. The van der Waals surface area contributed by atoms with E-state index < -0.39 is 5.97 Å². The SMILES string of the molecule is CC[C@@H](NC(=O)COC(=O)c1cccn1C)c1ccc(Br)cc1. The van der Waals surface area contributed by atoms with E-state index in [4.69, 9.17) is 4.74 Å². The van der Waals surface area contributed by atoms with Crippen molar-refractivity contribution in [1.29, 1.82) is 0 Å². The van der Waals surface area contributed by atoms with E-state index in [1.807, 2.05) is 31.2 Å². The van der Waals surface area contributed by atoms with E-state index in [2.05, 4.69) is 21.2 Å². The molecule has 1 aromatic carbocycles. The van der Waals surface area contributed by atoms with Crippen LogP contribution in [-0.4, -0.2) is 23.1 Å². The predicted molar refractivity (Wildman–Crippen MR) is 91.0 cm³/mol. The third kappa shape index (κ3) is 4.69. The molecule has 0 radical (unpaired) electrons. The quantitative estimate of drug-likeness (QED) is 0.785. The second kappa shape index (κ2) is 7.97. The summed E-state index contributed by atoms with van der Waals surface area (Å²) in [6.07, 6.45) is 2.50. The Kier molecular flexibility index (Phi) is 5.98. The van der Waals surface area contributed by atoms with Gasteiger partial charge in [-0.1, -0.05) is 35.0 Å². The molecule has 0 aliphatic carbocycles. The Balaban J connectivity index is 1.89. The average molecular weight is 379 g/mol. The molecule has 0 saturated carbocycles. The van der Waals surface area contributed by atoms with Crippen molar-refractivity contribution in [2.45, 2.75) is 19.4 Å². The second-order valence-corrected chi connectivity index (χ2v) is 6.08. The van der Waals surface area contributed by atoms with Crippen LogP contribution in [0.4, 0.5) is 0 Å². The van der Waals surface area contributed by atoms with E-state index >= 15 is 0 Å². The van der Waals surface area contributed by atoms with Crippen LogP contribution in [0.5, 0.6) is 0 Å². The molecule has 1 amide bonds. The van der Waals surface area contributed by atoms with Gasteiger partial charge in [0, 0.05) is 17.7 Å². The van der Waals surface area contributed by atoms with Crippen molar-refractivity contribution in [2.24, 2.45) is 7.05 Å². The van der Waals surface area contributed by atoms with Crippen molar-refractivity contribution in [2.75, 3.05) is 6.61 Å². The first kappa shape index (κ1) is 17.3. The minimum atomic E-state index is -0.510. The average Bonchev–Trinajstić information content (AvgIpc) is 2.97. The molecular weight excluding hydrogens is 360 g/mol. The minimum absolute atomic E-state index is 0.107. The summed E-state index contributed by atoms with van der Waals surface area (Å²) in [6.45, 7) is 1.69. The summed E-state index contributed by atoms with van der Waals surface area (Å²) >= 11 is 3.39. The number of carbonyl (C=O) groups excluding carboxylic acids is 2. The molecule has 0 aliphatic rings. The molecule has 2 aromatic rings. The summed E-state index contributed by atoms with van der Waals surface area (Å²) in [5, 5.41) is 2.88. The van der Waals surface area contributed by atoms with Gasteiger partial charge in [0.05, 0.1) is 6.04 Å². The fraction of sp³-hybridized carbons (Fsp3) is 0.294. The van der Waals surface area contributed by atoms with Gasteiger partial charge < -0.3 is 14.6 Å². The van der Waals surface area contributed by atoms with Gasteiger partial charge in [0.15, 0.2) is 6.61 Å². The third-order valence-corrected chi connectivity index (χ3v) is 4.03. The lowest BCUT2D eigenvalue weighted by Gasteiger charge is -2.17. The van der Waals surface area contributed by atoms with E-state index in [9.17, 15) is 9.59 Å². The number of carbonyl (C=O) groups is 2. The molecule has 0 unspecified atom stereocenters. The number of amides is 1. The maximum absolute atomic E-state index is 12.0. The summed E-state index contributed by atoms with van der Waals surface area (Å²) in [4.78, 5) is 23.9. The standard InChI is InChI=1S/C17H19BrN2O3/c1-3-14(12-6-8-13(18)9-7-12)19-16(21)11-23-17(22)15-5-4-10-20(15)2/h4-10,14H,3,11H2,1-2H3,(H,19,21)/t14-/m1/s1. The number of aryl methyl sites for hydroxylation is 1. The van der Waals surface area contributed by atoms with Crippen molar-refractivity contribution in [1.82, 2.24) is 9.88 Å². The number of nitrogens with zero attached hydrogens (tertiary/aromatic N) is 1. The van der Waals surface area contributed by atoms with Crippen LogP contribution in [0.25, 0.3) is 0 Å². The van der Waals surface area contributed by atoms with Gasteiger partial charge in [-0.15, -0.1) is 0 Å². The number of esters is 1. The van der Waals surface area contributed by atoms with Crippen LogP contribution in [0.2, 0.25) is 0 Å². The molecule has 6 heteroatoms. The van der Waals surface area contributed by atoms with E-state index in [1.54, 1.807) is 29.9 Å². The number of ether oxygens (including phenoxy) is 1. The lowest BCUT2D eigenvalue weighted by atomic mass is 10.0. The summed E-state index contributed by atoms with van der Waals surface area (Å²) in [5.41, 5.74) is 1.43. The highest BCUT2D eigenvalue weighted by Gasteiger charge is 2.16. The second-order valence-electron chi connectivity index (χ2n) is 5.16. The zero-order valence-corrected chi connectivity index (χ0v) is 14.7. The Morgan fingerprint density at radius 2 is 1.96 bits per heavy atom. The van der Waals surface area contributed by atoms with E-state index in [-0.39, 0.29) is 18.6 Å². The first-order valence-corrected chi connectivity index (χ1v) is 8.14. The van der Waals surface area contributed by atoms with E-state index in [0.29, 0.717) is 5.69 Å². The van der Waals surface area contributed by atoms with Crippen LogP contribution in [0.1, 0.15) is 35.4 Å². The summed E-state index contributed by atoms with van der Waals surface area (Å²) in [7, 11) is 1.75. The Labute approximate surface area is 143 Å². The molecule has 23 heavy (non-hydrogen) atoms. The molecule has 0 bridgehead atoms. The van der Waals surface area contributed by atoms with Gasteiger partial charge in [-0.05, 0) is 36.2 Å². The molecule has 0 fully saturated rings. The van der Waals surface area contributed by atoms with Crippen molar-refractivity contribution < 1.29 is 14.3 Å². The summed E-state index contributed by atoms with van der Waals surface area (Å²) in [6, 6.07) is 11.1. The van der Waals surface area contributed by atoms with Crippen LogP contribution in [0.15, 0.2) is 47.1 Å². The Hall–Kier alpha value is -2.08. The van der Waals surface area contributed by atoms with Gasteiger partial charge >= 0.3 is 5.97 Å². The monoisotopic (exact) mass is 378 g/mol. The first-order chi connectivity index (χ1) is 11.0. The lowest BCUT2D eigenvalue weighted by molar-refractivity contribution is -0.125. The number of halogens is 1. The fourth-order valence-electron chi connectivity index (χ4n) is 2.23.